The van der Waals surface area contributed by atoms with Gasteiger partial charge in [-0.1, -0.05) is 18.2 Å². The molecule has 1 aliphatic rings. The van der Waals surface area contributed by atoms with Crippen LogP contribution in [-0.4, -0.2) is 44.8 Å². The number of hydrogen-bond acceptors (Lipinski definition) is 6. The number of sulfonamides is 1. The Morgan fingerprint density at radius 3 is 2.47 bits per heavy atom. The minimum Gasteiger partial charge on any atom is -0.367 e. The van der Waals surface area contributed by atoms with Gasteiger partial charge in [-0.25, -0.2) is 12.8 Å². The highest BCUT2D eigenvalue weighted by Gasteiger charge is 2.33. The zero-order chi connectivity index (χ0) is 21.1. The van der Waals surface area contributed by atoms with Crippen molar-refractivity contribution in [3.05, 3.63) is 68.8 Å². The van der Waals surface area contributed by atoms with Gasteiger partial charge in [-0.3, -0.25) is 4.79 Å². The van der Waals surface area contributed by atoms with Gasteiger partial charge >= 0.3 is 0 Å². The van der Waals surface area contributed by atoms with E-state index in [1.165, 1.54) is 27.8 Å². The van der Waals surface area contributed by atoms with Crippen molar-refractivity contribution in [1.29, 1.82) is 0 Å². The standard InChI is InChI=1S/C20H20FN3O3S3/c21-16-5-1-2-6-17(16)23-8-10-24(11-9-23)30(26,27)18-7-13-29-19(18)20(25)22-14-15-4-3-12-28-15/h1-7,12-13H,8-11,14H2,(H,22,25). The van der Waals surface area contributed by atoms with E-state index in [1.54, 1.807) is 23.6 Å². The summed E-state index contributed by atoms with van der Waals surface area (Å²) in [5.74, 6) is -0.724. The Morgan fingerprint density at radius 2 is 1.77 bits per heavy atom. The van der Waals surface area contributed by atoms with E-state index in [0.717, 1.165) is 16.2 Å². The second-order valence-electron chi connectivity index (χ2n) is 6.72. The second kappa shape index (κ2) is 8.84. The van der Waals surface area contributed by atoms with Crippen LogP contribution >= 0.6 is 22.7 Å². The van der Waals surface area contributed by atoms with E-state index in [9.17, 15) is 17.6 Å². The molecule has 30 heavy (non-hydrogen) atoms. The SMILES string of the molecule is O=C(NCc1cccs1)c1sccc1S(=O)(=O)N1CCN(c2ccccc2F)CC1. The third-order valence-corrected chi connectivity index (χ3v) is 8.75. The van der Waals surface area contributed by atoms with E-state index < -0.39 is 15.9 Å². The molecule has 1 aliphatic heterocycles. The Bertz CT molecular complexity index is 1120. The maximum Gasteiger partial charge on any atom is 0.263 e. The average Bonchev–Trinajstić information content (AvgIpc) is 3.45. The van der Waals surface area contributed by atoms with Crippen molar-refractivity contribution < 1.29 is 17.6 Å². The van der Waals surface area contributed by atoms with Crippen LogP contribution in [0, 0.1) is 5.82 Å². The largest absolute Gasteiger partial charge is 0.367 e. The molecule has 1 amide bonds. The molecule has 0 atom stereocenters. The first-order valence-corrected chi connectivity index (χ1v) is 12.5. The van der Waals surface area contributed by atoms with Gasteiger partial charge in [-0.05, 0) is 35.0 Å². The molecule has 0 radical (unpaired) electrons. The van der Waals surface area contributed by atoms with Crippen molar-refractivity contribution in [3.63, 3.8) is 0 Å². The molecule has 2 aromatic heterocycles. The minimum atomic E-state index is -3.82. The molecule has 1 aromatic carbocycles. The van der Waals surface area contributed by atoms with Crippen molar-refractivity contribution in [2.75, 3.05) is 31.1 Å². The molecule has 1 N–H and O–H groups in total. The van der Waals surface area contributed by atoms with Crippen LogP contribution in [0.25, 0.3) is 0 Å². The fourth-order valence-corrected chi connectivity index (χ4v) is 6.73. The Labute approximate surface area is 182 Å². The maximum atomic E-state index is 14.0. The molecule has 0 bridgehead atoms. The number of piperazine rings is 1. The predicted molar refractivity (Wildman–Crippen MR) is 117 cm³/mol. The van der Waals surface area contributed by atoms with Gasteiger partial charge in [0.15, 0.2) is 0 Å². The summed E-state index contributed by atoms with van der Waals surface area (Å²) >= 11 is 2.64. The number of anilines is 1. The highest BCUT2D eigenvalue weighted by molar-refractivity contribution is 7.89. The Hall–Kier alpha value is -2.27. The van der Waals surface area contributed by atoms with Crippen molar-refractivity contribution in [3.8, 4) is 0 Å². The molecule has 3 aromatic rings. The van der Waals surface area contributed by atoms with Crippen molar-refractivity contribution in [2.45, 2.75) is 11.4 Å². The molecular formula is C20H20FN3O3S3. The Kier molecular flexibility index (Phi) is 6.19. The number of amides is 1. The third-order valence-electron chi connectivity index (χ3n) is 4.89. The molecule has 10 heteroatoms. The van der Waals surface area contributed by atoms with Crippen molar-refractivity contribution >= 4 is 44.3 Å². The van der Waals surface area contributed by atoms with E-state index >= 15 is 0 Å². The summed E-state index contributed by atoms with van der Waals surface area (Å²) in [6.07, 6.45) is 0. The first kappa shape index (κ1) is 21.0. The van der Waals surface area contributed by atoms with Crippen molar-refractivity contribution in [1.82, 2.24) is 9.62 Å². The van der Waals surface area contributed by atoms with Crippen LogP contribution in [0.3, 0.4) is 0 Å². The van der Waals surface area contributed by atoms with E-state index in [1.807, 2.05) is 22.4 Å². The summed E-state index contributed by atoms with van der Waals surface area (Å²) < 4.78 is 41.7. The summed E-state index contributed by atoms with van der Waals surface area (Å²) in [5, 5.41) is 6.32. The lowest BCUT2D eigenvalue weighted by Gasteiger charge is -2.35. The molecule has 0 saturated carbocycles. The van der Waals surface area contributed by atoms with Gasteiger partial charge in [0.25, 0.3) is 5.91 Å². The van der Waals surface area contributed by atoms with Gasteiger partial charge in [0, 0.05) is 31.1 Å². The fourth-order valence-electron chi connectivity index (χ4n) is 3.34. The lowest BCUT2D eigenvalue weighted by atomic mass is 10.2. The molecule has 0 spiro atoms. The van der Waals surface area contributed by atoms with Crippen molar-refractivity contribution in [2.24, 2.45) is 0 Å². The summed E-state index contributed by atoms with van der Waals surface area (Å²) in [6, 6.07) is 11.7. The Morgan fingerprint density at radius 1 is 1.00 bits per heavy atom. The van der Waals surface area contributed by atoms with Crippen LogP contribution in [0.1, 0.15) is 14.5 Å². The maximum absolute atomic E-state index is 14.0. The van der Waals surface area contributed by atoms with Gasteiger partial charge in [0.2, 0.25) is 10.0 Å². The van der Waals surface area contributed by atoms with Crippen LogP contribution in [0.4, 0.5) is 10.1 Å². The monoisotopic (exact) mass is 465 g/mol. The zero-order valence-corrected chi connectivity index (χ0v) is 18.4. The molecule has 4 rings (SSSR count). The number of nitrogens with zero attached hydrogens (tertiary/aromatic N) is 2. The predicted octanol–water partition coefficient (Wildman–Crippen LogP) is 3.39. The normalized spacial score (nSPS) is 15.3. The highest BCUT2D eigenvalue weighted by atomic mass is 32.2. The van der Waals surface area contributed by atoms with Gasteiger partial charge < -0.3 is 10.2 Å². The van der Waals surface area contributed by atoms with Crippen LogP contribution < -0.4 is 10.2 Å². The summed E-state index contributed by atoms with van der Waals surface area (Å²) in [4.78, 5) is 15.6. The van der Waals surface area contributed by atoms with Crippen LogP contribution in [0.2, 0.25) is 0 Å². The number of rotatable bonds is 6. The highest BCUT2D eigenvalue weighted by Crippen LogP contribution is 2.28. The number of thiophene rings is 2. The first-order valence-electron chi connectivity index (χ1n) is 9.34. The van der Waals surface area contributed by atoms with Gasteiger partial charge in [0.05, 0.1) is 12.2 Å². The number of halogens is 1. The van der Waals surface area contributed by atoms with E-state index in [0.29, 0.717) is 25.3 Å². The van der Waals surface area contributed by atoms with E-state index in [-0.39, 0.29) is 28.7 Å². The quantitative estimate of drug-likeness (QED) is 0.606. The van der Waals surface area contributed by atoms with Gasteiger partial charge in [-0.2, -0.15) is 4.31 Å². The fraction of sp³-hybridized carbons (Fsp3) is 0.250. The number of carbonyl (C=O) groups is 1. The molecule has 1 saturated heterocycles. The molecular weight excluding hydrogens is 445 g/mol. The Balaban J connectivity index is 1.45. The zero-order valence-electron chi connectivity index (χ0n) is 16.0. The van der Waals surface area contributed by atoms with E-state index in [4.69, 9.17) is 0 Å². The lowest BCUT2D eigenvalue weighted by molar-refractivity contribution is 0.0952. The smallest absolute Gasteiger partial charge is 0.263 e. The molecule has 0 unspecified atom stereocenters. The second-order valence-corrected chi connectivity index (χ2v) is 10.6. The molecule has 158 valence electrons. The first-order chi connectivity index (χ1) is 14.5. The number of nitrogens with one attached hydrogen (secondary N) is 1. The molecule has 6 nitrogen and oxygen atoms in total. The number of hydrogen-bond donors (Lipinski definition) is 1. The van der Waals surface area contributed by atoms with Gasteiger partial charge in [0.1, 0.15) is 15.6 Å². The number of benzene rings is 1. The summed E-state index contributed by atoms with van der Waals surface area (Å²) in [6.45, 7) is 1.56. The molecule has 1 fully saturated rings. The topological polar surface area (TPSA) is 69.7 Å². The molecule has 3 heterocycles. The summed E-state index contributed by atoms with van der Waals surface area (Å²) in [7, 11) is -3.82. The van der Waals surface area contributed by atoms with E-state index in [2.05, 4.69) is 5.32 Å². The number of para-hydroxylation sites is 1. The van der Waals surface area contributed by atoms with Crippen LogP contribution in [0.5, 0.6) is 0 Å². The average molecular weight is 466 g/mol. The van der Waals surface area contributed by atoms with Crippen LogP contribution in [0.15, 0.2) is 58.1 Å². The van der Waals surface area contributed by atoms with Gasteiger partial charge in [-0.15, -0.1) is 22.7 Å². The van der Waals surface area contributed by atoms with Crippen LogP contribution in [-0.2, 0) is 16.6 Å². The molecule has 0 aliphatic carbocycles. The minimum absolute atomic E-state index is 0.0236. The third kappa shape index (κ3) is 4.27. The summed E-state index contributed by atoms with van der Waals surface area (Å²) in [5.41, 5.74) is 0.471. The number of carbonyl (C=O) groups excluding carboxylic acids is 1. The lowest BCUT2D eigenvalue weighted by Crippen LogP contribution is -2.49.